The lowest BCUT2D eigenvalue weighted by molar-refractivity contribution is 0.198. The summed E-state index contributed by atoms with van der Waals surface area (Å²) in [5.41, 5.74) is 6.72. The third-order valence-corrected chi connectivity index (χ3v) is 2.64. The van der Waals surface area contributed by atoms with Crippen LogP contribution in [0.4, 0.5) is 5.82 Å². The zero-order chi connectivity index (χ0) is 9.97. The highest BCUT2D eigenvalue weighted by Gasteiger charge is 2.21. The van der Waals surface area contributed by atoms with Gasteiger partial charge in [-0.05, 0) is 19.2 Å². The van der Waals surface area contributed by atoms with Crippen LogP contribution < -0.4 is 11.1 Å². The average molecular weight is 192 g/mol. The minimum atomic E-state index is 0.354. The van der Waals surface area contributed by atoms with Gasteiger partial charge in [-0.2, -0.15) is 0 Å². The van der Waals surface area contributed by atoms with E-state index < -0.39 is 0 Å². The summed E-state index contributed by atoms with van der Waals surface area (Å²) in [7, 11) is 2.12. The van der Waals surface area contributed by atoms with Gasteiger partial charge in [0.15, 0.2) is 0 Å². The van der Waals surface area contributed by atoms with Crippen LogP contribution in [0.2, 0.25) is 0 Å². The molecule has 0 aromatic carbocycles. The van der Waals surface area contributed by atoms with Crippen LogP contribution in [0.5, 0.6) is 0 Å². The lowest BCUT2D eigenvalue weighted by Gasteiger charge is -2.32. The van der Waals surface area contributed by atoms with Crippen molar-refractivity contribution in [1.29, 1.82) is 0 Å². The molecule has 4 nitrogen and oxygen atoms in total. The maximum absolute atomic E-state index is 5.66. The third kappa shape index (κ3) is 1.86. The van der Waals surface area contributed by atoms with Gasteiger partial charge in [0.05, 0.1) is 11.7 Å². The molecule has 0 radical (unpaired) electrons. The highest BCUT2D eigenvalue weighted by Crippen LogP contribution is 2.18. The molecule has 0 bridgehead atoms. The highest BCUT2D eigenvalue weighted by atomic mass is 15.2. The Bertz CT molecular complexity index is 313. The van der Waals surface area contributed by atoms with E-state index in [0.29, 0.717) is 11.9 Å². The molecule has 4 heteroatoms. The number of nitrogen functional groups attached to an aromatic ring is 1. The van der Waals surface area contributed by atoms with E-state index in [1.165, 1.54) is 0 Å². The minimum Gasteiger partial charge on any atom is -0.384 e. The molecule has 3 N–H and O–H groups in total. The number of likely N-dealkylation sites (N-methyl/N-ethyl adjacent to an activating group) is 1. The molecule has 0 saturated carbocycles. The molecule has 14 heavy (non-hydrogen) atoms. The molecule has 1 atom stereocenters. The lowest BCUT2D eigenvalue weighted by Crippen LogP contribution is -2.44. The summed E-state index contributed by atoms with van der Waals surface area (Å²) in [6, 6.07) is 6.16. The summed E-state index contributed by atoms with van der Waals surface area (Å²) >= 11 is 0. The number of nitrogens with zero attached hydrogens (tertiary/aromatic N) is 2. The largest absolute Gasteiger partial charge is 0.384 e. The second-order valence-corrected chi connectivity index (χ2v) is 3.69. The monoisotopic (exact) mass is 192 g/mol. The topological polar surface area (TPSA) is 54.2 Å². The molecule has 0 amide bonds. The Balaban J connectivity index is 2.20. The van der Waals surface area contributed by atoms with Crippen LogP contribution in [0.25, 0.3) is 0 Å². The van der Waals surface area contributed by atoms with Gasteiger partial charge in [0.1, 0.15) is 5.82 Å². The minimum absolute atomic E-state index is 0.354. The summed E-state index contributed by atoms with van der Waals surface area (Å²) in [5, 5.41) is 3.36. The van der Waals surface area contributed by atoms with Crippen LogP contribution >= 0.6 is 0 Å². The predicted octanol–water partition coefficient (Wildman–Crippen LogP) is 0.240. The maximum atomic E-state index is 5.66. The highest BCUT2D eigenvalue weighted by molar-refractivity contribution is 5.30. The fourth-order valence-corrected chi connectivity index (χ4v) is 1.79. The molecule has 1 aliphatic rings. The summed E-state index contributed by atoms with van der Waals surface area (Å²) < 4.78 is 0. The van der Waals surface area contributed by atoms with Gasteiger partial charge in [-0.3, -0.25) is 4.90 Å². The van der Waals surface area contributed by atoms with Gasteiger partial charge in [0, 0.05) is 19.6 Å². The first kappa shape index (κ1) is 9.43. The van der Waals surface area contributed by atoms with Gasteiger partial charge in [-0.25, -0.2) is 4.98 Å². The fraction of sp³-hybridized carbons (Fsp3) is 0.500. The molecular formula is C10H16N4. The number of pyridine rings is 1. The molecule has 1 saturated heterocycles. The van der Waals surface area contributed by atoms with Gasteiger partial charge in [0.2, 0.25) is 0 Å². The van der Waals surface area contributed by atoms with E-state index >= 15 is 0 Å². The lowest BCUT2D eigenvalue weighted by atomic mass is 10.1. The third-order valence-electron chi connectivity index (χ3n) is 2.64. The standard InChI is InChI=1S/C10H16N4/c1-14-6-5-12-7-9(14)8-3-2-4-10(11)13-8/h2-4,9,12H,5-7H2,1H3,(H2,11,13). The van der Waals surface area contributed by atoms with Crippen molar-refractivity contribution in [2.75, 3.05) is 32.4 Å². The fourth-order valence-electron chi connectivity index (χ4n) is 1.79. The first-order chi connectivity index (χ1) is 6.77. The quantitative estimate of drug-likeness (QED) is 0.669. The average Bonchev–Trinajstić information content (AvgIpc) is 2.18. The molecule has 0 aliphatic carbocycles. The summed E-state index contributed by atoms with van der Waals surface area (Å²) in [5.74, 6) is 0.599. The van der Waals surface area contributed by atoms with E-state index in [1.54, 1.807) is 0 Å². The number of hydrogen-bond acceptors (Lipinski definition) is 4. The Kier molecular flexibility index (Phi) is 2.65. The van der Waals surface area contributed by atoms with Gasteiger partial charge >= 0.3 is 0 Å². The molecule has 76 valence electrons. The summed E-state index contributed by atoms with van der Waals surface area (Å²) in [6.45, 7) is 3.06. The number of nitrogens with one attached hydrogen (secondary N) is 1. The molecule has 2 rings (SSSR count). The van der Waals surface area contributed by atoms with Crippen molar-refractivity contribution in [1.82, 2.24) is 15.2 Å². The number of piperazine rings is 1. The van der Waals surface area contributed by atoms with Gasteiger partial charge in [-0.1, -0.05) is 6.07 Å². The van der Waals surface area contributed by atoms with E-state index in [0.717, 1.165) is 25.3 Å². The van der Waals surface area contributed by atoms with Crippen LogP contribution in [-0.4, -0.2) is 36.6 Å². The van der Waals surface area contributed by atoms with Gasteiger partial charge in [-0.15, -0.1) is 0 Å². The normalized spacial score (nSPS) is 23.6. The molecule has 1 fully saturated rings. The van der Waals surface area contributed by atoms with Crippen molar-refractivity contribution in [3.8, 4) is 0 Å². The summed E-state index contributed by atoms with van der Waals surface area (Å²) in [4.78, 5) is 6.65. The van der Waals surface area contributed by atoms with Crippen LogP contribution in [0.3, 0.4) is 0 Å². The summed E-state index contributed by atoms with van der Waals surface area (Å²) in [6.07, 6.45) is 0. The van der Waals surface area contributed by atoms with E-state index in [1.807, 2.05) is 18.2 Å². The van der Waals surface area contributed by atoms with Crippen LogP contribution in [0.1, 0.15) is 11.7 Å². The smallest absolute Gasteiger partial charge is 0.123 e. The Hall–Kier alpha value is -1.13. The Labute approximate surface area is 84.1 Å². The number of rotatable bonds is 1. The van der Waals surface area contributed by atoms with Crippen molar-refractivity contribution >= 4 is 5.82 Å². The maximum Gasteiger partial charge on any atom is 0.123 e. The first-order valence-electron chi connectivity index (χ1n) is 4.91. The van der Waals surface area contributed by atoms with Crippen LogP contribution in [0.15, 0.2) is 18.2 Å². The van der Waals surface area contributed by atoms with Crippen molar-refractivity contribution in [3.05, 3.63) is 23.9 Å². The van der Waals surface area contributed by atoms with Gasteiger partial charge in [0.25, 0.3) is 0 Å². The zero-order valence-corrected chi connectivity index (χ0v) is 8.40. The number of nitrogens with two attached hydrogens (primary N) is 1. The second-order valence-electron chi connectivity index (χ2n) is 3.69. The molecule has 0 spiro atoms. The number of anilines is 1. The number of aromatic nitrogens is 1. The molecule has 1 aromatic rings. The predicted molar refractivity (Wildman–Crippen MR) is 56.9 cm³/mol. The molecular weight excluding hydrogens is 176 g/mol. The van der Waals surface area contributed by atoms with Crippen LogP contribution in [0, 0.1) is 0 Å². The van der Waals surface area contributed by atoms with Crippen molar-refractivity contribution in [3.63, 3.8) is 0 Å². The second kappa shape index (κ2) is 3.94. The van der Waals surface area contributed by atoms with Gasteiger partial charge < -0.3 is 11.1 Å². The van der Waals surface area contributed by atoms with E-state index in [4.69, 9.17) is 5.73 Å². The molecule has 1 aliphatic heterocycles. The molecule has 2 heterocycles. The Morgan fingerprint density at radius 2 is 2.43 bits per heavy atom. The zero-order valence-electron chi connectivity index (χ0n) is 8.40. The van der Waals surface area contributed by atoms with E-state index in [2.05, 4.69) is 22.2 Å². The Morgan fingerprint density at radius 3 is 3.14 bits per heavy atom. The number of hydrogen-bond donors (Lipinski definition) is 2. The van der Waals surface area contributed by atoms with Crippen molar-refractivity contribution in [2.45, 2.75) is 6.04 Å². The van der Waals surface area contributed by atoms with E-state index in [9.17, 15) is 0 Å². The van der Waals surface area contributed by atoms with E-state index in [-0.39, 0.29) is 0 Å². The first-order valence-corrected chi connectivity index (χ1v) is 4.91. The molecule has 1 aromatic heterocycles. The Morgan fingerprint density at radius 1 is 1.57 bits per heavy atom. The van der Waals surface area contributed by atoms with Crippen molar-refractivity contribution < 1.29 is 0 Å². The van der Waals surface area contributed by atoms with Crippen molar-refractivity contribution in [2.24, 2.45) is 0 Å². The van der Waals surface area contributed by atoms with Crippen LogP contribution in [-0.2, 0) is 0 Å². The SMILES string of the molecule is CN1CCNCC1c1cccc(N)n1. The molecule has 1 unspecified atom stereocenters.